The number of hydrogen-bond acceptors (Lipinski definition) is 4. The Bertz CT molecular complexity index is 729. The molecule has 3 rings (SSSR count). The molecule has 5 nitrogen and oxygen atoms in total. The minimum Gasteiger partial charge on any atom is -0.351 e. The minimum atomic E-state index is -0.120. The van der Waals surface area contributed by atoms with Crippen molar-refractivity contribution in [1.29, 1.82) is 0 Å². The van der Waals surface area contributed by atoms with Gasteiger partial charge in [-0.3, -0.25) is 4.79 Å². The van der Waals surface area contributed by atoms with E-state index in [1.807, 2.05) is 13.0 Å². The highest BCUT2D eigenvalue weighted by molar-refractivity contribution is 5.92. The van der Waals surface area contributed by atoms with E-state index in [9.17, 15) is 4.79 Å². The number of amides is 1. The van der Waals surface area contributed by atoms with Crippen LogP contribution < -0.4 is 10.2 Å². The zero-order chi connectivity index (χ0) is 16.9. The molecule has 5 heteroatoms. The number of rotatable bonds is 6. The molecule has 1 aromatic carbocycles. The molecular formula is C19H24N4O. The van der Waals surface area contributed by atoms with Crippen LogP contribution in [0.25, 0.3) is 0 Å². The highest BCUT2D eigenvalue weighted by Crippen LogP contribution is 2.32. The van der Waals surface area contributed by atoms with Crippen molar-refractivity contribution in [3.63, 3.8) is 0 Å². The number of unbranched alkanes of at least 4 members (excludes halogenated alkanes) is 2. The van der Waals surface area contributed by atoms with Gasteiger partial charge in [0.25, 0.3) is 5.91 Å². The molecule has 24 heavy (non-hydrogen) atoms. The Morgan fingerprint density at radius 1 is 1.25 bits per heavy atom. The largest absolute Gasteiger partial charge is 0.351 e. The number of para-hydroxylation sites is 1. The monoisotopic (exact) mass is 324 g/mol. The van der Waals surface area contributed by atoms with Crippen molar-refractivity contribution in [2.24, 2.45) is 0 Å². The molecule has 1 aromatic heterocycles. The van der Waals surface area contributed by atoms with E-state index in [4.69, 9.17) is 0 Å². The molecule has 1 amide bonds. The number of aryl methyl sites for hydroxylation is 1. The number of carbonyl (C=O) groups is 1. The van der Waals surface area contributed by atoms with E-state index in [1.54, 1.807) is 6.07 Å². The summed E-state index contributed by atoms with van der Waals surface area (Å²) >= 11 is 0. The van der Waals surface area contributed by atoms with Gasteiger partial charge >= 0.3 is 0 Å². The number of nitrogens with one attached hydrogen (secondary N) is 1. The van der Waals surface area contributed by atoms with Crippen molar-refractivity contribution in [2.75, 3.05) is 18.0 Å². The van der Waals surface area contributed by atoms with E-state index in [1.165, 1.54) is 5.56 Å². The smallest absolute Gasteiger partial charge is 0.270 e. The van der Waals surface area contributed by atoms with Crippen LogP contribution in [-0.2, 0) is 6.42 Å². The molecule has 2 aromatic rings. The molecule has 0 fully saturated rings. The van der Waals surface area contributed by atoms with Crippen LogP contribution in [0.2, 0.25) is 0 Å². The Balaban J connectivity index is 1.79. The number of hydrogen-bond donors (Lipinski definition) is 1. The van der Waals surface area contributed by atoms with Gasteiger partial charge in [-0.25, -0.2) is 9.97 Å². The fourth-order valence-corrected chi connectivity index (χ4v) is 3.00. The molecule has 0 aliphatic carbocycles. The zero-order valence-electron chi connectivity index (χ0n) is 14.4. The van der Waals surface area contributed by atoms with Crippen molar-refractivity contribution >= 4 is 17.5 Å². The lowest BCUT2D eigenvalue weighted by molar-refractivity contribution is 0.0948. The SMILES string of the molecule is CCCCCNC(=O)c1cc(C)nc(N2CCc3ccccc32)n1. The lowest BCUT2D eigenvalue weighted by Gasteiger charge is -2.18. The predicted molar refractivity (Wildman–Crippen MR) is 95.8 cm³/mol. The number of aromatic nitrogens is 2. The maximum atomic E-state index is 12.4. The van der Waals surface area contributed by atoms with Crippen LogP contribution in [0.15, 0.2) is 30.3 Å². The molecule has 0 atom stereocenters. The zero-order valence-corrected chi connectivity index (χ0v) is 14.4. The number of benzene rings is 1. The van der Waals surface area contributed by atoms with Gasteiger partial charge < -0.3 is 10.2 Å². The summed E-state index contributed by atoms with van der Waals surface area (Å²) in [4.78, 5) is 23.5. The summed E-state index contributed by atoms with van der Waals surface area (Å²) in [5.41, 5.74) is 3.69. The summed E-state index contributed by atoms with van der Waals surface area (Å²) < 4.78 is 0. The van der Waals surface area contributed by atoms with Gasteiger partial charge in [0.1, 0.15) is 5.69 Å². The molecule has 0 spiro atoms. The first-order valence-corrected chi connectivity index (χ1v) is 8.68. The molecule has 0 unspecified atom stereocenters. The van der Waals surface area contributed by atoms with Gasteiger partial charge in [-0.15, -0.1) is 0 Å². The average molecular weight is 324 g/mol. The van der Waals surface area contributed by atoms with E-state index in [0.29, 0.717) is 18.2 Å². The Morgan fingerprint density at radius 3 is 2.92 bits per heavy atom. The van der Waals surface area contributed by atoms with E-state index in [2.05, 4.69) is 45.3 Å². The first-order valence-electron chi connectivity index (χ1n) is 8.68. The quantitative estimate of drug-likeness (QED) is 0.827. The molecule has 1 aliphatic rings. The second-order valence-corrected chi connectivity index (χ2v) is 6.19. The minimum absolute atomic E-state index is 0.120. The Kier molecular flexibility index (Phi) is 5.08. The standard InChI is InChI=1S/C19H24N4O/c1-3-4-7-11-20-18(24)16-13-14(2)21-19(22-16)23-12-10-15-8-5-6-9-17(15)23/h5-6,8-9,13H,3-4,7,10-12H2,1-2H3,(H,20,24). The third-order valence-electron chi connectivity index (χ3n) is 4.27. The van der Waals surface area contributed by atoms with Gasteiger partial charge in [-0.2, -0.15) is 0 Å². The van der Waals surface area contributed by atoms with Gasteiger partial charge in [0.05, 0.1) is 0 Å². The van der Waals surface area contributed by atoms with Crippen molar-refractivity contribution in [3.8, 4) is 0 Å². The van der Waals surface area contributed by atoms with Crippen LogP contribution in [0, 0.1) is 6.92 Å². The maximum absolute atomic E-state index is 12.4. The summed E-state index contributed by atoms with van der Waals surface area (Å²) in [6.45, 7) is 5.59. The second kappa shape index (κ2) is 7.43. The molecule has 126 valence electrons. The Labute approximate surface area is 143 Å². The first kappa shape index (κ1) is 16.4. The molecule has 0 saturated heterocycles. The third-order valence-corrected chi connectivity index (χ3v) is 4.27. The van der Waals surface area contributed by atoms with Crippen molar-refractivity contribution in [1.82, 2.24) is 15.3 Å². The van der Waals surface area contributed by atoms with E-state index < -0.39 is 0 Å². The van der Waals surface area contributed by atoms with E-state index in [0.717, 1.165) is 43.6 Å². The number of nitrogens with zero attached hydrogens (tertiary/aromatic N) is 3. The Morgan fingerprint density at radius 2 is 2.08 bits per heavy atom. The molecule has 0 bridgehead atoms. The summed E-state index contributed by atoms with van der Waals surface area (Å²) in [6.07, 6.45) is 4.24. The topological polar surface area (TPSA) is 58.1 Å². The van der Waals surface area contributed by atoms with Crippen LogP contribution >= 0.6 is 0 Å². The van der Waals surface area contributed by atoms with Crippen LogP contribution in [0.4, 0.5) is 11.6 Å². The molecule has 0 radical (unpaired) electrons. The lowest BCUT2D eigenvalue weighted by atomic mass is 10.2. The fourth-order valence-electron chi connectivity index (χ4n) is 3.00. The van der Waals surface area contributed by atoms with Crippen LogP contribution in [-0.4, -0.2) is 29.0 Å². The summed E-state index contributed by atoms with van der Waals surface area (Å²) in [5, 5.41) is 2.95. The highest BCUT2D eigenvalue weighted by Gasteiger charge is 2.23. The van der Waals surface area contributed by atoms with Gasteiger partial charge in [0, 0.05) is 24.5 Å². The number of fused-ring (bicyclic) bond motifs is 1. The third kappa shape index (κ3) is 3.55. The highest BCUT2D eigenvalue weighted by atomic mass is 16.1. The molecule has 1 N–H and O–H groups in total. The molecular weight excluding hydrogens is 300 g/mol. The lowest BCUT2D eigenvalue weighted by Crippen LogP contribution is -2.27. The normalized spacial score (nSPS) is 13.0. The summed E-state index contributed by atoms with van der Waals surface area (Å²) in [5.74, 6) is 0.490. The van der Waals surface area contributed by atoms with Crippen LogP contribution in [0.3, 0.4) is 0 Å². The first-order chi connectivity index (χ1) is 11.7. The van der Waals surface area contributed by atoms with Crippen LogP contribution in [0.5, 0.6) is 0 Å². The fraction of sp³-hybridized carbons (Fsp3) is 0.421. The summed E-state index contributed by atoms with van der Waals surface area (Å²) in [7, 11) is 0. The van der Waals surface area contributed by atoms with Crippen LogP contribution in [0.1, 0.15) is 47.9 Å². The predicted octanol–water partition coefficient (Wildman–Crippen LogP) is 3.40. The number of carbonyl (C=O) groups excluding carboxylic acids is 1. The van der Waals surface area contributed by atoms with Gasteiger partial charge in [-0.1, -0.05) is 38.0 Å². The second-order valence-electron chi connectivity index (χ2n) is 6.19. The number of anilines is 2. The van der Waals surface area contributed by atoms with Gasteiger partial charge in [0.15, 0.2) is 0 Å². The van der Waals surface area contributed by atoms with Crippen molar-refractivity contribution < 1.29 is 4.79 Å². The summed E-state index contributed by atoms with van der Waals surface area (Å²) in [6, 6.07) is 10.0. The Hall–Kier alpha value is -2.43. The molecule has 1 aliphatic heterocycles. The van der Waals surface area contributed by atoms with Gasteiger partial charge in [0.2, 0.25) is 5.95 Å². The average Bonchev–Trinajstić information content (AvgIpc) is 3.02. The molecule has 0 saturated carbocycles. The molecule has 2 heterocycles. The van der Waals surface area contributed by atoms with E-state index in [-0.39, 0.29) is 5.91 Å². The van der Waals surface area contributed by atoms with Crippen molar-refractivity contribution in [2.45, 2.75) is 39.5 Å². The maximum Gasteiger partial charge on any atom is 0.270 e. The van der Waals surface area contributed by atoms with Gasteiger partial charge in [-0.05, 0) is 37.5 Å². The van der Waals surface area contributed by atoms with Crippen molar-refractivity contribution in [3.05, 3.63) is 47.3 Å². The van der Waals surface area contributed by atoms with E-state index >= 15 is 0 Å².